The van der Waals surface area contributed by atoms with E-state index in [9.17, 15) is 4.79 Å². The molecule has 0 saturated heterocycles. The van der Waals surface area contributed by atoms with Crippen LogP contribution < -0.4 is 10.9 Å². The van der Waals surface area contributed by atoms with Crippen LogP contribution in [0.15, 0.2) is 67.4 Å². The number of rotatable bonds is 4. The zero-order chi connectivity index (χ0) is 17.1. The number of fused-ring (bicyclic) bond motifs is 1. The van der Waals surface area contributed by atoms with Crippen molar-refractivity contribution >= 4 is 22.8 Å². The molecule has 0 atom stereocenters. The predicted octanol–water partition coefficient (Wildman–Crippen LogP) is 1.97. The number of carbonyl (C=O) groups excluding carboxylic acids is 1. The maximum Gasteiger partial charge on any atom is 0.271 e. The molecule has 0 aliphatic rings. The Morgan fingerprint density at radius 1 is 1.00 bits per heavy atom. The third-order valence-corrected chi connectivity index (χ3v) is 3.58. The summed E-state index contributed by atoms with van der Waals surface area (Å²) < 4.78 is 1.71. The molecule has 0 radical (unpaired) electrons. The number of hydrogen-bond donors (Lipinski definition) is 2. The van der Waals surface area contributed by atoms with Crippen LogP contribution in [0.5, 0.6) is 0 Å². The molecule has 0 fully saturated rings. The van der Waals surface area contributed by atoms with Gasteiger partial charge in [-0.15, -0.1) is 0 Å². The van der Waals surface area contributed by atoms with Crippen molar-refractivity contribution in [2.24, 2.45) is 0 Å². The smallest absolute Gasteiger partial charge is 0.271 e. The maximum atomic E-state index is 12.1. The molecule has 0 saturated carbocycles. The zero-order valence-electron chi connectivity index (χ0n) is 13.0. The van der Waals surface area contributed by atoms with E-state index < -0.39 is 0 Å². The highest BCUT2D eigenvalue weighted by molar-refractivity contribution is 5.95. The summed E-state index contributed by atoms with van der Waals surface area (Å²) in [5, 5.41) is 5.06. The Morgan fingerprint density at radius 2 is 1.88 bits per heavy atom. The summed E-state index contributed by atoms with van der Waals surface area (Å²) in [6.45, 7) is 0. The summed E-state index contributed by atoms with van der Waals surface area (Å²) >= 11 is 0. The van der Waals surface area contributed by atoms with Gasteiger partial charge in [0.15, 0.2) is 11.5 Å². The SMILES string of the molecule is O=C(NNc1ncnc2c1cnn2-c1ccccc1)c1cccnc1. The molecule has 4 aromatic rings. The first-order valence-electron chi connectivity index (χ1n) is 7.53. The van der Waals surface area contributed by atoms with Gasteiger partial charge in [-0.1, -0.05) is 18.2 Å². The molecule has 8 heteroatoms. The van der Waals surface area contributed by atoms with E-state index in [-0.39, 0.29) is 5.91 Å². The van der Waals surface area contributed by atoms with Gasteiger partial charge in [0.2, 0.25) is 0 Å². The highest BCUT2D eigenvalue weighted by Crippen LogP contribution is 2.20. The Balaban J connectivity index is 1.61. The Morgan fingerprint density at radius 3 is 2.68 bits per heavy atom. The molecule has 1 aromatic carbocycles. The van der Waals surface area contributed by atoms with Gasteiger partial charge in [-0.2, -0.15) is 5.10 Å². The average Bonchev–Trinajstić information content (AvgIpc) is 3.12. The van der Waals surface area contributed by atoms with Gasteiger partial charge >= 0.3 is 0 Å². The fourth-order valence-corrected chi connectivity index (χ4v) is 2.39. The lowest BCUT2D eigenvalue weighted by Crippen LogP contribution is -2.30. The normalized spacial score (nSPS) is 10.6. The van der Waals surface area contributed by atoms with Crippen LogP contribution in [0.1, 0.15) is 10.4 Å². The number of nitrogens with zero attached hydrogens (tertiary/aromatic N) is 5. The number of benzene rings is 1. The summed E-state index contributed by atoms with van der Waals surface area (Å²) in [5.41, 5.74) is 7.39. The number of anilines is 1. The molecular weight excluding hydrogens is 318 g/mol. The second-order valence-electron chi connectivity index (χ2n) is 5.17. The van der Waals surface area contributed by atoms with Gasteiger partial charge in [0.05, 0.1) is 22.8 Å². The van der Waals surface area contributed by atoms with Gasteiger partial charge in [0, 0.05) is 12.4 Å². The quantitative estimate of drug-likeness (QED) is 0.555. The van der Waals surface area contributed by atoms with Crippen molar-refractivity contribution in [1.82, 2.24) is 30.2 Å². The molecule has 25 heavy (non-hydrogen) atoms. The van der Waals surface area contributed by atoms with Crippen molar-refractivity contribution in [2.75, 3.05) is 5.43 Å². The third kappa shape index (κ3) is 2.88. The Bertz CT molecular complexity index is 1020. The average molecular weight is 331 g/mol. The lowest BCUT2D eigenvalue weighted by Gasteiger charge is -2.08. The molecular formula is C17H13N7O. The number of pyridine rings is 1. The fourth-order valence-electron chi connectivity index (χ4n) is 2.39. The van der Waals surface area contributed by atoms with Gasteiger partial charge in [0.1, 0.15) is 6.33 Å². The van der Waals surface area contributed by atoms with Crippen molar-refractivity contribution < 1.29 is 4.79 Å². The predicted molar refractivity (Wildman–Crippen MR) is 92.0 cm³/mol. The lowest BCUT2D eigenvalue weighted by atomic mass is 10.3. The Kier molecular flexibility index (Phi) is 3.76. The molecule has 0 unspecified atom stereocenters. The summed E-state index contributed by atoms with van der Waals surface area (Å²) in [6.07, 6.45) is 6.17. The standard InChI is InChI=1S/C17H13N7O/c25-17(12-5-4-8-18-9-12)23-22-15-14-10-21-24(16(14)20-11-19-15)13-6-2-1-3-7-13/h1-11H,(H,23,25)(H,19,20,22). The van der Waals surface area contributed by atoms with Crippen LogP contribution in [0.2, 0.25) is 0 Å². The van der Waals surface area contributed by atoms with E-state index in [0.717, 1.165) is 5.69 Å². The number of hydrazine groups is 1. The van der Waals surface area contributed by atoms with Gasteiger partial charge in [-0.05, 0) is 24.3 Å². The first-order chi connectivity index (χ1) is 12.3. The van der Waals surface area contributed by atoms with Crippen molar-refractivity contribution in [3.8, 4) is 5.69 Å². The van der Waals surface area contributed by atoms with Gasteiger partial charge in [-0.25, -0.2) is 14.6 Å². The lowest BCUT2D eigenvalue weighted by molar-refractivity contribution is 0.0962. The summed E-state index contributed by atoms with van der Waals surface area (Å²) in [6, 6.07) is 13.0. The summed E-state index contributed by atoms with van der Waals surface area (Å²) in [5.74, 6) is 0.153. The molecule has 3 heterocycles. The largest absolute Gasteiger partial charge is 0.281 e. The number of carbonyl (C=O) groups is 1. The molecule has 4 rings (SSSR count). The highest BCUT2D eigenvalue weighted by atomic mass is 16.2. The van der Waals surface area contributed by atoms with Crippen molar-refractivity contribution in [1.29, 1.82) is 0 Å². The van der Waals surface area contributed by atoms with E-state index >= 15 is 0 Å². The molecule has 122 valence electrons. The van der Waals surface area contributed by atoms with Crippen LogP contribution in [-0.2, 0) is 0 Å². The number of amides is 1. The zero-order valence-corrected chi connectivity index (χ0v) is 13.0. The van der Waals surface area contributed by atoms with Crippen molar-refractivity contribution in [3.63, 3.8) is 0 Å². The van der Waals surface area contributed by atoms with E-state index in [4.69, 9.17) is 0 Å². The minimum Gasteiger partial charge on any atom is -0.281 e. The van der Waals surface area contributed by atoms with E-state index in [0.29, 0.717) is 22.4 Å². The van der Waals surface area contributed by atoms with E-state index in [2.05, 4.69) is 30.9 Å². The molecule has 0 bridgehead atoms. The second-order valence-corrected chi connectivity index (χ2v) is 5.17. The topological polar surface area (TPSA) is 97.6 Å². The molecule has 3 aromatic heterocycles. The highest BCUT2D eigenvalue weighted by Gasteiger charge is 2.12. The van der Waals surface area contributed by atoms with E-state index in [1.807, 2.05) is 30.3 Å². The first-order valence-corrected chi connectivity index (χ1v) is 7.53. The Labute approximate surface area is 142 Å². The van der Waals surface area contributed by atoms with Crippen molar-refractivity contribution in [2.45, 2.75) is 0 Å². The van der Waals surface area contributed by atoms with Crippen molar-refractivity contribution in [3.05, 3.63) is 72.9 Å². The first kappa shape index (κ1) is 14.8. The van der Waals surface area contributed by atoms with Crippen LogP contribution >= 0.6 is 0 Å². The summed E-state index contributed by atoms with van der Waals surface area (Å²) in [4.78, 5) is 24.5. The molecule has 1 amide bonds. The van der Waals surface area contributed by atoms with Crippen LogP contribution in [0.25, 0.3) is 16.7 Å². The summed E-state index contributed by atoms with van der Waals surface area (Å²) in [7, 11) is 0. The minimum absolute atomic E-state index is 0.310. The molecule has 8 nitrogen and oxygen atoms in total. The third-order valence-electron chi connectivity index (χ3n) is 3.58. The van der Waals surface area contributed by atoms with Gasteiger partial charge < -0.3 is 0 Å². The minimum atomic E-state index is -0.310. The molecule has 0 spiro atoms. The number of hydrogen-bond acceptors (Lipinski definition) is 6. The number of para-hydroxylation sites is 1. The van der Waals surface area contributed by atoms with E-state index in [1.165, 1.54) is 12.5 Å². The number of aromatic nitrogens is 5. The monoisotopic (exact) mass is 331 g/mol. The van der Waals surface area contributed by atoms with Crippen LogP contribution in [-0.4, -0.2) is 30.6 Å². The maximum absolute atomic E-state index is 12.1. The van der Waals surface area contributed by atoms with Gasteiger partial charge in [0.25, 0.3) is 5.91 Å². The van der Waals surface area contributed by atoms with Crippen LogP contribution in [0.4, 0.5) is 5.82 Å². The molecule has 2 N–H and O–H groups in total. The fraction of sp³-hybridized carbons (Fsp3) is 0. The molecule has 0 aliphatic heterocycles. The Hall–Kier alpha value is -3.81. The number of nitrogens with one attached hydrogen (secondary N) is 2. The van der Waals surface area contributed by atoms with Crippen LogP contribution in [0, 0.1) is 0 Å². The second kappa shape index (κ2) is 6.36. The van der Waals surface area contributed by atoms with Gasteiger partial charge in [-0.3, -0.25) is 20.6 Å². The van der Waals surface area contributed by atoms with Crippen LogP contribution in [0.3, 0.4) is 0 Å². The van der Waals surface area contributed by atoms with E-state index in [1.54, 1.807) is 29.2 Å². The molecule has 0 aliphatic carbocycles.